The van der Waals surface area contributed by atoms with Crippen LogP contribution in [0.15, 0.2) is 208 Å². The number of phenolic OH excluding ortho intramolecular Hbond substituents is 1. The smallest absolute Gasteiger partial charge is 0.249 e. The van der Waals surface area contributed by atoms with E-state index in [1.54, 1.807) is 74.5 Å². The summed E-state index contributed by atoms with van der Waals surface area (Å²) in [6, 6.07) is -3.21. The molecule has 0 saturated carbocycles. The fourth-order valence-electron chi connectivity index (χ4n) is 15.3. The quantitative estimate of drug-likeness (QED) is 0.0146. The van der Waals surface area contributed by atoms with E-state index >= 15 is 4.79 Å². The molecule has 1 saturated heterocycles. The van der Waals surface area contributed by atoms with E-state index in [-0.39, 0.29) is 123 Å². The number of allylic oxidation sites excluding steroid dienone is 1. The molecule has 0 aromatic heterocycles. The fourth-order valence-corrected chi connectivity index (χ4v) is 19.1. The molecule has 3 aromatic carbocycles. The Hall–Kier alpha value is -13.4. The zero-order chi connectivity index (χ0) is 110. The van der Waals surface area contributed by atoms with E-state index in [1.165, 1.54) is 67.6 Å². The number of carbonyl (C=O) groups is 1. The number of phenols is 1. The van der Waals surface area contributed by atoms with Crippen LogP contribution in [0.4, 0.5) is 0 Å². The van der Waals surface area contributed by atoms with Gasteiger partial charge in [-0.3, -0.25) is 10.2 Å². The summed E-state index contributed by atoms with van der Waals surface area (Å²) in [5.74, 6) is -19.8. The van der Waals surface area contributed by atoms with Gasteiger partial charge in [-0.25, -0.2) is 99.8 Å². The number of amides is 1. The van der Waals surface area contributed by atoms with Crippen LogP contribution in [-0.2, 0) is 24.1 Å². The van der Waals surface area contributed by atoms with Gasteiger partial charge in [0.1, 0.15) is 127 Å². The summed E-state index contributed by atoms with van der Waals surface area (Å²) in [6.07, 6.45) is 3.57. The van der Waals surface area contributed by atoms with E-state index in [1.807, 2.05) is 20.8 Å². The third kappa shape index (κ3) is 39.2. The first-order valence-corrected chi connectivity index (χ1v) is 53.4. The number of hydrogen-bond acceptors (Lipinski definition) is 30. The van der Waals surface area contributed by atoms with Crippen molar-refractivity contribution >= 4 is 177 Å². The molecule has 1 fully saturated rings. The van der Waals surface area contributed by atoms with Crippen molar-refractivity contribution < 1.29 is 117 Å². The second-order valence-electron chi connectivity index (χ2n) is 36.3. The molecule has 1 amide bonds. The second-order valence-corrected chi connectivity index (χ2v) is 40.8. The molecule has 820 valence electrons. The number of carbonyl (C=O) groups excluding carboxylic acids is 1. The summed E-state index contributed by atoms with van der Waals surface area (Å²) in [5.41, 5.74) is 19.3. The van der Waals surface area contributed by atoms with Gasteiger partial charge in [0.2, 0.25) is 118 Å². The summed E-state index contributed by atoms with van der Waals surface area (Å²) in [6.45, 7) is 11.8. The highest BCUT2D eigenvalue weighted by atomic mass is 32.2. The lowest BCUT2D eigenvalue weighted by Gasteiger charge is -2.29. The molecule has 20 atom stereocenters. The summed E-state index contributed by atoms with van der Waals surface area (Å²) >= 11 is 3.75. The van der Waals surface area contributed by atoms with Gasteiger partial charge in [-0.05, 0) is 138 Å². The van der Waals surface area contributed by atoms with Crippen LogP contribution in [0.25, 0.3) is 0 Å². The predicted molar refractivity (Wildman–Crippen MR) is 599 cm³/mol. The first-order valence-electron chi connectivity index (χ1n) is 49.0. The topological polar surface area (TPSA) is 814 Å². The van der Waals surface area contributed by atoms with E-state index in [0.29, 0.717) is 48.8 Å². The maximum Gasteiger partial charge on any atom is 0.249 e. The van der Waals surface area contributed by atoms with Crippen molar-refractivity contribution in [2.24, 2.45) is 129 Å². The molecule has 8 rings (SSSR count). The Balaban J connectivity index is 1.14. The molecule has 3 aromatic rings. The number of unbranched alkanes of at least 4 members (excludes halogenated alkanes) is 2. The summed E-state index contributed by atoms with van der Waals surface area (Å²) in [7, 11) is 0. The van der Waals surface area contributed by atoms with Crippen LogP contribution in [0.3, 0.4) is 0 Å². The van der Waals surface area contributed by atoms with E-state index in [9.17, 15) is 112 Å². The zero-order valence-electron chi connectivity index (χ0n) is 84.6. The summed E-state index contributed by atoms with van der Waals surface area (Å²) in [5, 5.41) is 267. The van der Waals surface area contributed by atoms with Crippen LogP contribution in [-0.4, -0.2) is 428 Å². The molecule has 0 radical (unpaired) electrons. The Morgan fingerprint density at radius 3 is 1.67 bits per heavy atom. The van der Waals surface area contributed by atoms with Crippen molar-refractivity contribution in [1.29, 1.82) is 5.41 Å². The average molecular weight is 2170 g/mol. The van der Waals surface area contributed by atoms with Gasteiger partial charge in [0.15, 0.2) is 11.8 Å². The SMILES string of the molecule is C/C=C(/N=C(O)[C@H](CCCCN)N=C(O)[C@H](C)N=C(O)[C@H]1CS[C@@H](C)[C@@H](N=C(O)[C@H]2CSC[C@@H](N=C(O)[C@H](C)N=C(O)[C@@H](N)[C@@H](C)CC)C(O)=N[C@@H](CCCCN)C(O)=N[C@@H](Cc3ccccc3)C(O)=N[C@@H](CC(C)C)C(O)=N2)C(=O)N2CCC[C@H]2C(O)=NCC(O)=N1)C(O)=NCC(O)=N[C@@H]1CSC[C@H]2N=C(O)[C@H](Cc3ccc(O)cc3)N=C(O)[C@@H](CS/C=C/N=C2O)N=C(O)[C@H](CC(=N)O)N=C(O)[C@H](Cc2ccccc2)N=C1O. The molecular weight excluding hydrogens is 2020 g/mol. The number of benzene rings is 3. The van der Waals surface area contributed by atoms with E-state index < -0.39 is 269 Å². The highest BCUT2D eigenvalue weighted by Gasteiger charge is 2.42. The summed E-state index contributed by atoms with van der Waals surface area (Å²) in [4.78, 5) is 104. The molecule has 5 aliphatic heterocycles. The van der Waals surface area contributed by atoms with Gasteiger partial charge < -0.3 is 134 Å². The lowest BCUT2D eigenvalue weighted by Crippen LogP contribution is -2.48. The Morgan fingerprint density at radius 1 is 0.533 bits per heavy atom. The van der Waals surface area contributed by atoms with Crippen LogP contribution in [0, 0.1) is 17.2 Å². The average Bonchev–Trinajstić information content (AvgIpc) is 1.63. The van der Waals surface area contributed by atoms with Gasteiger partial charge in [-0.15, -0.1) is 11.8 Å². The molecule has 52 heteroatoms. The molecule has 5 aliphatic rings. The van der Waals surface area contributed by atoms with Crippen molar-refractivity contribution in [1.82, 2.24) is 4.90 Å². The number of nitrogens with two attached hydrogens (primary N) is 3. The first kappa shape index (κ1) is 122. The molecule has 29 N–H and O–H groups in total. The standard InChI is InChI=1S/C98H141N25O23S4/c1-9-52(5)78(102)97(145)107-54(7)81(129)118-71-48-149-49-72(121-86(134)63(38-51(3)4)113-87(135)64(39-56-22-13-11-14-23-56)114-85(133)62(112-93(71)141)27-18-20-34-100)95(143)122-79-55(8)150-50-73(109-77(127)44-105-96(144)74-28-21-36-123(74)98(79)146)91(139)106-53(6)80(128)111-61(26-17-19-33-99)84(132)110-60(10-2)82(130)104-43-76(126)108-69-47-148-46-68-83(131)103-35-37-147-45-70(94(142)116-66(89(137)119-68)41-58-29-31-59(124)32-30-58)120-90(138)67(42-75(101)125)117-88(136)65(115-92(69)140)40-57-24-15-12-16-25-57/h10-16,22-25,29-32,35,37,51-55,61-74,78-79,124H,9,17-21,26-28,33-34,36,38-50,99-100,102H2,1-8H3,(H2,101,125)(H,103,131)(H,104,130)(H,105,144)(H,106,139)(H,107,145)(H,108,126)(H,109,127)(H,110,132)(H,111,128)(H,112,141)(H,113,135)(H,114,133)(H,115,140)(H,116,142)(H,117,136)(H,118,129)(H,119,137)(H,120,138)(H,121,134)(H,122,143)/b37-35+,60-10+/t52-,53-,54-,55-,61-,62-,63-,64-,65-,66-,67-,68+,69+,70+,71+,72+,73+,74-,78-,79+/m0/s1. The minimum absolute atomic E-state index is 0.0165. The third-order valence-corrected chi connectivity index (χ3v) is 28.3. The lowest BCUT2D eigenvalue weighted by atomic mass is 10.00. The number of aliphatic hydroxyl groups excluding tert-OH is 21. The normalized spacial score (nSPS) is 26.3. The van der Waals surface area contributed by atoms with Crippen molar-refractivity contribution in [2.75, 3.05) is 67.2 Å². The number of aliphatic hydroxyl groups is 21. The zero-order valence-corrected chi connectivity index (χ0v) is 87.9. The Labute approximate surface area is 885 Å². The predicted octanol–water partition coefficient (Wildman–Crippen LogP) is 11.8. The van der Waals surface area contributed by atoms with Crippen LogP contribution < -0.4 is 17.2 Å². The van der Waals surface area contributed by atoms with Gasteiger partial charge >= 0.3 is 0 Å². The van der Waals surface area contributed by atoms with Crippen LogP contribution in [0.1, 0.15) is 143 Å². The molecule has 2 bridgehead atoms. The van der Waals surface area contributed by atoms with Crippen molar-refractivity contribution in [2.45, 2.75) is 259 Å². The number of rotatable bonds is 36. The van der Waals surface area contributed by atoms with E-state index in [0.717, 1.165) is 47.0 Å². The van der Waals surface area contributed by atoms with Crippen LogP contribution in [0.5, 0.6) is 5.75 Å². The van der Waals surface area contributed by atoms with Crippen LogP contribution in [0.2, 0.25) is 0 Å². The van der Waals surface area contributed by atoms with Gasteiger partial charge in [-0.2, -0.15) is 35.3 Å². The first-order chi connectivity index (χ1) is 71.5. The van der Waals surface area contributed by atoms with Gasteiger partial charge in [0.05, 0.1) is 12.5 Å². The maximum absolute atomic E-state index is 15.4. The Kier molecular flexibility index (Phi) is 50.0. The Morgan fingerprint density at radius 2 is 1.07 bits per heavy atom. The van der Waals surface area contributed by atoms with Crippen molar-refractivity contribution in [3.05, 3.63) is 125 Å². The number of thioether (sulfide) groups is 4. The third-order valence-electron chi connectivity index (χ3n) is 24.0. The number of aliphatic imine (C=N–C) groups is 20. The molecule has 0 aliphatic carbocycles. The molecular formula is C98H141N25O23S4. The van der Waals surface area contributed by atoms with Crippen molar-refractivity contribution in [3.63, 3.8) is 0 Å². The number of aromatic hydroxyl groups is 1. The highest BCUT2D eigenvalue weighted by Crippen LogP contribution is 2.31. The van der Waals surface area contributed by atoms with Gasteiger partial charge in [-0.1, -0.05) is 120 Å². The molecule has 48 nitrogen and oxygen atoms in total. The van der Waals surface area contributed by atoms with E-state index in [4.69, 9.17) is 22.6 Å². The largest absolute Gasteiger partial charge is 0.508 e. The number of fused-ring (bicyclic) bond motifs is 5. The molecule has 0 unspecified atom stereocenters. The second kappa shape index (κ2) is 61.6. The van der Waals surface area contributed by atoms with Crippen LogP contribution >= 0.6 is 47.0 Å². The number of hydrogen-bond donors (Lipinski definition) is 26. The number of nitrogens with zero attached hydrogens (tertiary/aromatic N) is 21. The number of nitrogens with one attached hydrogen (secondary N) is 1. The minimum Gasteiger partial charge on any atom is -0.508 e. The van der Waals surface area contributed by atoms with Gasteiger partial charge in [0, 0.05) is 71.8 Å². The summed E-state index contributed by atoms with van der Waals surface area (Å²) < 4.78 is 0. The van der Waals surface area contributed by atoms with Crippen molar-refractivity contribution in [3.8, 4) is 5.75 Å². The molecule has 5 heterocycles. The van der Waals surface area contributed by atoms with E-state index in [2.05, 4.69) is 99.8 Å². The van der Waals surface area contributed by atoms with Gasteiger partial charge in [0.25, 0.3) is 0 Å². The molecule has 150 heavy (non-hydrogen) atoms. The maximum atomic E-state index is 15.4. The fraction of sp³-hybridized carbons (Fsp3) is 0.551. The lowest BCUT2D eigenvalue weighted by molar-refractivity contribution is -0.132. The monoisotopic (exact) mass is 2160 g/mol. The minimum atomic E-state index is -1.78. The molecule has 0 spiro atoms. The highest BCUT2D eigenvalue weighted by molar-refractivity contribution is 8.02. The Bertz CT molecular complexity index is 5680.